The fourth-order valence-corrected chi connectivity index (χ4v) is 2.52. The molecule has 0 spiro atoms. The molecule has 1 heterocycles. The first-order valence-electron chi connectivity index (χ1n) is 6.92. The van der Waals surface area contributed by atoms with E-state index in [4.69, 9.17) is 9.31 Å². The number of phosphoric ester groups is 1. The van der Waals surface area contributed by atoms with Crippen molar-refractivity contribution >= 4 is 18.8 Å². The highest BCUT2D eigenvalue weighted by molar-refractivity contribution is 7.47. The molecule has 2 rings (SSSR count). The van der Waals surface area contributed by atoms with E-state index in [1.807, 2.05) is 32.0 Å². The Morgan fingerprint density at radius 2 is 1.73 bits per heavy atom. The Balaban J connectivity index is 0.000000239. The zero-order valence-electron chi connectivity index (χ0n) is 13.2. The van der Waals surface area contributed by atoms with Gasteiger partial charge < -0.3 is 9.31 Å². The molecule has 122 valence electrons. The van der Waals surface area contributed by atoms with Gasteiger partial charge in [0.05, 0.1) is 13.2 Å². The van der Waals surface area contributed by atoms with Crippen LogP contribution in [0.1, 0.15) is 25.0 Å². The van der Waals surface area contributed by atoms with Gasteiger partial charge in [-0.05, 0) is 45.4 Å². The summed E-state index contributed by atoms with van der Waals surface area (Å²) in [4.78, 5) is 19.6. The van der Waals surface area contributed by atoms with Crippen LogP contribution in [0.3, 0.4) is 0 Å². The highest BCUT2D eigenvalue weighted by atomic mass is 31.2. The molecular formula is C15H21O6P. The summed E-state index contributed by atoms with van der Waals surface area (Å²) in [7, 11) is -3.69. The van der Waals surface area contributed by atoms with Crippen LogP contribution in [-0.4, -0.2) is 18.1 Å². The fraction of sp³-hybridized carbons (Fsp3) is 0.400. The molecule has 0 fully saturated rings. The van der Waals surface area contributed by atoms with Crippen molar-refractivity contribution in [3.8, 4) is 0 Å². The van der Waals surface area contributed by atoms with Gasteiger partial charge in [0, 0.05) is 11.5 Å². The van der Waals surface area contributed by atoms with E-state index < -0.39 is 7.82 Å². The number of aryl methyl sites for hydroxylation is 2. The van der Waals surface area contributed by atoms with E-state index >= 15 is 0 Å². The molecule has 0 saturated carbocycles. The predicted molar refractivity (Wildman–Crippen MR) is 85.0 cm³/mol. The van der Waals surface area contributed by atoms with Gasteiger partial charge >= 0.3 is 13.4 Å². The molecule has 0 aliphatic rings. The molecule has 2 aromatic rings. The Morgan fingerprint density at radius 3 is 2.27 bits per heavy atom. The summed E-state index contributed by atoms with van der Waals surface area (Å²) >= 11 is 0. The van der Waals surface area contributed by atoms with Crippen LogP contribution in [0.5, 0.6) is 0 Å². The average molecular weight is 328 g/mol. The lowest BCUT2D eigenvalue weighted by molar-refractivity contribution is 0.161. The first-order chi connectivity index (χ1) is 10.3. The second-order valence-corrected chi connectivity index (χ2v) is 6.01. The van der Waals surface area contributed by atoms with Crippen LogP contribution < -0.4 is 5.63 Å². The molecule has 1 aromatic carbocycles. The van der Waals surface area contributed by atoms with Crippen LogP contribution in [0.15, 0.2) is 33.5 Å². The Bertz CT molecular complexity index is 712. The molecule has 0 radical (unpaired) electrons. The Labute approximate surface area is 129 Å². The van der Waals surface area contributed by atoms with Gasteiger partial charge in [0.25, 0.3) is 0 Å². The predicted octanol–water partition coefficient (Wildman–Crippen LogP) is 3.57. The Kier molecular flexibility index (Phi) is 6.97. The van der Waals surface area contributed by atoms with Gasteiger partial charge in [0.2, 0.25) is 0 Å². The summed E-state index contributed by atoms with van der Waals surface area (Å²) in [5, 5.41) is 1.01. The van der Waals surface area contributed by atoms with Gasteiger partial charge in [0.1, 0.15) is 5.58 Å². The molecule has 7 heteroatoms. The highest BCUT2D eigenvalue weighted by Crippen LogP contribution is 2.42. The summed E-state index contributed by atoms with van der Waals surface area (Å²) in [5.74, 6) is 0. The molecule has 0 atom stereocenters. The topological polar surface area (TPSA) is 86.0 Å². The van der Waals surface area contributed by atoms with Gasteiger partial charge in [0.15, 0.2) is 0 Å². The SMILES string of the molecule is CCOP(=O)(O)OCC.Cc1ccc2oc(=O)cc(C)c2c1. The maximum atomic E-state index is 11.0. The van der Waals surface area contributed by atoms with Crippen LogP contribution >= 0.6 is 7.82 Å². The highest BCUT2D eigenvalue weighted by Gasteiger charge is 2.17. The van der Waals surface area contributed by atoms with Gasteiger partial charge in [-0.15, -0.1) is 0 Å². The van der Waals surface area contributed by atoms with Crippen molar-refractivity contribution in [1.29, 1.82) is 0 Å². The minimum absolute atomic E-state index is 0.188. The molecule has 0 saturated heterocycles. The quantitative estimate of drug-likeness (QED) is 0.682. The van der Waals surface area contributed by atoms with E-state index in [1.54, 1.807) is 13.8 Å². The lowest BCUT2D eigenvalue weighted by atomic mass is 10.1. The average Bonchev–Trinajstić information content (AvgIpc) is 2.40. The van der Waals surface area contributed by atoms with E-state index in [9.17, 15) is 9.36 Å². The van der Waals surface area contributed by atoms with Crippen molar-refractivity contribution in [2.24, 2.45) is 0 Å². The third-order valence-corrected chi connectivity index (χ3v) is 3.86. The van der Waals surface area contributed by atoms with Crippen LogP contribution in [0.2, 0.25) is 0 Å². The first-order valence-corrected chi connectivity index (χ1v) is 8.41. The summed E-state index contributed by atoms with van der Waals surface area (Å²) in [6, 6.07) is 7.30. The van der Waals surface area contributed by atoms with Crippen molar-refractivity contribution in [1.82, 2.24) is 0 Å². The van der Waals surface area contributed by atoms with Crippen LogP contribution in [-0.2, 0) is 13.6 Å². The number of phosphoric acid groups is 1. The smallest absolute Gasteiger partial charge is 0.423 e. The molecule has 0 aliphatic carbocycles. The van der Waals surface area contributed by atoms with E-state index in [1.165, 1.54) is 11.6 Å². The number of benzene rings is 1. The van der Waals surface area contributed by atoms with Crippen molar-refractivity contribution < 1.29 is 22.9 Å². The van der Waals surface area contributed by atoms with Crippen molar-refractivity contribution in [2.75, 3.05) is 13.2 Å². The summed E-state index contributed by atoms with van der Waals surface area (Å²) in [6.07, 6.45) is 0. The molecular weight excluding hydrogens is 307 g/mol. The monoisotopic (exact) mass is 328 g/mol. The van der Waals surface area contributed by atoms with E-state index in [0.717, 1.165) is 10.9 Å². The fourth-order valence-electron chi connectivity index (χ4n) is 1.80. The Hall–Kier alpha value is -1.46. The van der Waals surface area contributed by atoms with Crippen molar-refractivity contribution in [2.45, 2.75) is 27.7 Å². The normalized spacial score (nSPS) is 11.1. The van der Waals surface area contributed by atoms with E-state index in [-0.39, 0.29) is 18.8 Å². The lowest BCUT2D eigenvalue weighted by Crippen LogP contribution is -1.97. The standard InChI is InChI=1S/C11H10O2.C4H11O4P/c1-7-3-4-10-9(5-7)8(2)6-11(12)13-10;1-3-7-9(5,6)8-4-2/h3-6H,1-2H3;3-4H2,1-2H3,(H,5,6). The molecule has 1 N–H and O–H groups in total. The number of hydrogen-bond donors (Lipinski definition) is 1. The van der Waals surface area contributed by atoms with Crippen molar-refractivity contribution in [3.05, 3.63) is 45.8 Å². The third kappa shape index (κ3) is 5.73. The molecule has 0 bridgehead atoms. The summed E-state index contributed by atoms with van der Waals surface area (Å²) in [5.41, 5.74) is 2.52. The van der Waals surface area contributed by atoms with Gasteiger partial charge in [-0.25, -0.2) is 9.36 Å². The van der Waals surface area contributed by atoms with Crippen molar-refractivity contribution in [3.63, 3.8) is 0 Å². The molecule has 0 unspecified atom stereocenters. The summed E-state index contributed by atoms with van der Waals surface area (Å²) < 4.78 is 24.3. The zero-order valence-corrected chi connectivity index (χ0v) is 14.1. The van der Waals surface area contributed by atoms with E-state index in [2.05, 4.69) is 9.05 Å². The number of fused-ring (bicyclic) bond motifs is 1. The molecule has 1 aromatic heterocycles. The second kappa shape index (κ2) is 8.25. The van der Waals surface area contributed by atoms with Gasteiger partial charge in [-0.1, -0.05) is 11.6 Å². The maximum absolute atomic E-state index is 11.0. The van der Waals surface area contributed by atoms with Crippen LogP contribution in [0.4, 0.5) is 0 Å². The largest absolute Gasteiger partial charge is 0.472 e. The molecule has 22 heavy (non-hydrogen) atoms. The minimum atomic E-state index is -3.69. The molecule has 0 aliphatic heterocycles. The lowest BCUT2D eigenvalue weighted by Gasteiger charge is -2.07. The van der Waals surface area contributed by atoms with Gasteiger partial charge in [-0.3, -0.25) is 9.05 Å². The molecule has 6 nitrogen and oxygen atoms in total. The number of rotatable bonds is 4. The maximum Gasteiger partial charge on any atom is 0.472 e. The first kappa shape index (κ1) is 18.6. The van der Waals surface area contributed by atoms with Crippen LogP contribution in [0, 0.1) is 13.8 Å². The van der Waals surface area contributed by atoms with Crippen LogP contribution in [0.25, 0.3) is 11.0 Å². The summed E-state index contributed by atoms with van der Waals surface area (Å²) in [6.45, 7) is 7.56. The molecule has 0 amide bonds. The second-order valence-electron chi connectivity index (χ2n) is 4.55. The number of hydrogen-bond acceptors (Lipinski definition) is 5. The Morgan fingerprint density at radius 1 is 1.14 bits per heavy atom. The minimum Gasteiger partial charge on any atom is -0.423 e. The zero-order chi connectivity index (χ0) is 16.8. The van der Waals surface area contributed by atoms with E-state index in [0.29, 0.717) is 5.58 Å². The third-order valence-electron chi connectivity index (χ3n) is 2.69. The van der Waals surface area contributed by atoms with Gasteiger partial charge in [-0.2, -0.15) is 0 Å².